The molecule has 4 heteroatoms. The van der Waals surface area contributed by atoms with Crippen LogP contribution in [-0.4, -0.2) is 16.6 Å². The molecule has 1 rings (SSSR count). The summed E-state index contributed by atoms with van der Waals surface area (Å²) >= 11 is 1.76. The Labute approximate surface area is 93.7 Å². The minimum Gasteiger partial charge on any atom is -0.312 e. The lowest BCUT2D eigenvalue weighted by atomic mass is 10.2. The molecule has 0 radical (unpaired) electrons. The molecule has 0 spiro atoms. The summed E-state index contributed by atoms with van der Waals surface area (Å²) in [6.07, 6.45) is 3.00. The molecule has 0 saturated heterocycles. The number of hydrogen-bond donors (Lipinski definition) is 0. The first-order valence-electron chi connectivity index (χ1n) is 4.80. The summed E-state index contributed by atoms with van der Waals surface area (Å²) in [5, 5.41) is 8.74. The average molecular weight is 222 g/mol. The fraction of sp³-hybridized carbons (Fsp3) is 0.455. The molecule has 0 bridgehead atoms. The van der Waals surface area contributed by atoms with Crippen LogP contribution in [-0.2, 0) is 6.54 Å². The lowest BCUT2D eigenvalue weighted by Crippen LogP contribution is -2.24. The van der Waals surface area contributed by atoms with Crippen LogP contribution in [0.3, 0.4) is 0 Å². The molecule has 0 atom stereocenters. The van der Waals surface area contributed by atoms with Gasteiger partial charge >= 0.3 is 0 Å². The Morgan fingerprint density at radius 1 is 1.53 bits per heavy atom. The van der Waals surface area contributed by atoms with Gasteiger partial charge in [-0.1, -0.05) is 0 Å². The Balaban J connectivity index is 2.96. The van der Waals surface area contributed by atoms with Crippen molar-refractivity contribution in [3.05, 3.63) is 33.7 Å². The number of aryl methyl sites for hydroxylation is 1. The highest BCUT2D eigenvalue weighted by atomic mass is 32.2. The molecule has 0 aliphatic carbocycles. The van der Waals surface area contributed by atoms with Gasteiger partial charge in [-0.25, -0.2) is 0 Å². The minimum atomic E-state index is -0.168. The first-order valence-corrected chi connectivity index (χ1v) is 6.19. The molecule has 1 heterocycles. The van der Waals surface area contributed by atoms with Crippen molar-refractivity contribution in [1.82, 2.24) is 4.57 Å². The van der Waals surface area contributed by atoms with Gasteiger partial charge in [0.05, 0.1) is 0 Å². The molecule has 0 aliphatic heterocycles. The minimum absolute atomic E-state index is 0.168. The van der Waals surface area contributed by atoms with E-state index >= 15 is 0 Å². The van der Waals surface area contributed by atoms with E-state index < -0.39 is 0 Å². The van der Waals surface area contributed by atoms with E-state index in [9.17, 15) is 4.79 Å². The number of hydrogen-bond acceptors (Lipinski definition) is 3. The topological polar surface area (TPSA) is 45.8 Å². The van der Waals surface area contributed by atoms with Gasteiger partial charge in [0.2, 0.25) is 0 Å². The quantitative estimate of drug-likeness (QED) is 0.729. The Morgan fingerprint density at radius 3 is 2.87 bits per heavy atom. The van der Waals surface area contributed by atoms with Crippen molar-refractivity contribution < 1.29 is 0 Å². The number of nitriles is 1. The molecule has 0 aliphatic rings. The van der Waals surface area contributed by atoms with E-state index in [-0.39, 0.29) is 11.1 Å². The standard InChI is InChI=1S/C11H14N2OS/c1-9-4-5-10(8-12)11(14)13(9)6-3-7-15-2/h4-5H,3,6-7H2,1-2H3. The van der Waals surface area contributed by atoms with Crippen molar-refractivity contribution in [2.24, 2.45) is 0 Å². The third kappa shape index (κ3) is 2.87. The zero-order valence-electron chi connectivity index (χ0n) is 8.99. The fourth-order valence-electron chi connectivity index (χ4n) is 1.40. The Kier molecular flexibility index (Phi) is 4.44. The summed E-state index contributed by atoms with van der Waals surface area (Å²) in [6.45, 7) is 2.59. The molecule has 3 nitrogen and oxygen atoms in total. The molecule has 1 aromatic heterocycles. The predicted molar refractivity (Wildman–Crippen MR) is 63.2 cm³/mol. The maximum Gasteiger partial charge on any atom is 0.268 e. The predicted octanol–water partition coefficient (Wildman–Crippen LogP) is 1.78. The van der Waals surface area contributed by atoms with Crippen molar-refractivity contribution in [1.29, 1.82) is 5.26 Å². The van der Waals surface area contributed by atoms with Gasteiger partial charge in [0.25, 0.3) is 5.56 Å². The van der Waals surface area contributed by atoms with Crippen LogP contribution in [0, 0.1) is 18.3 Å². The molecule has 80 valence electrons. The van der Waals surface area contributed by atoms with E-state index in [4.69, 9.17) is 5.26 Å². The summed E-state index contributed by atoms with van der Waals surface area (Å²) < 4.78 is 1.68. The van der Waals surface area contributed by atoms with Crippen LogP contribution in [0.25, 0.3) is 0 Å². The number of aromatic nitrogens is 1. The van der Waals surface area contributed by atoms with Crippen LogP contribution in [0.15, 0.2) is 16.9 Å². The second kappa shape index (κ2) is 5.62. The largest absolute Gasteiger partial charge is 0.312 e. The Bertz CT molecular complexity index is 431. The third-order valence-electron chi connectivity index (χ3n) is 2.24. The SMILES string of the molecule is CSCCCn1c(C)ccc(C#N)c1=O. The van der Waals surface area contributed by atoms with E-state index in [1.807, 2.05) is 25.3 Å². The van der Waals surface area contributed by atoms with E-state index in [2.05, 4.69) is 0 Å². The second-order valence-electron chi connectivity index (χ2n) is 3.30. The van der Waals surface area contributed by atoms with Crippen molar-refractivity contribution in [3.8, 4) is 6.07 Å². The molecule has 0 unspecified atom stereocenters. The maximum atomic E-state index is 11.7. The lowest BCUT2D eigenvalue weighted by molar-refractivity contribution is 0.638. The van der Waals surface area contributed by atoms with Crippen molar-refractivity contribution in [3.63, 3.8) is 0 Å². The van der Waals surface area contributed by atoms with Gasteiger partial charge in [-0.15, -0.1) is 0 Å². The molecule has 0 N–H and O–H groups in total. The highest BCUT2D eigenvalue weighted by molar-refractivity contribution is 7.98. The van der Waals surface area contributed by atoms with E-state index in [0.717, 1.165) is 17.9 Å². The summed E-state index contributed by atoms with van der Waals surface area (Å²) in [6, 6.07) is 5.32. The van der Waals surface area contributed by atoms with Crippen molar-refractivity contribution in [2.45, 2.75) is 19.9 Å². The second-order valence-corrected chi connectivity index (χ2v) is 4.29. The van der Waals surface area contributed by atoms with E-state index in [1.165, 1.54) is 0 Å². The smallest absolute Gasteiger partial charge is 0.268 e. The monoisotopic (exact) mass is 222 g/mol. The lowest BCUT2D eigenvalue weighted by Gasteiger charge is -2.09. The van der Waals surface area contributed by atoms with Crippen LogP contribution < -0.4 is 5.56 Å². The average Bonchev–Trinajstić information content (AvgIpc) is 2.23. The molecule has 0 aromatic carbocycles. The summed E-state index contributed by atoms with van der Waals surface area (Å²) in [5.41, 5.74) is 0.975. The van der Waals surface area contributed by atoms with Gasteiger partial charge in [0.15, 0.2) is 0 Å². The Hall–Kier alpha value is -1.21. The number of thioether (sulfide) groups is 1. The van der Waals surface area contributed by atoms with Gasteiger partial charge in [-0.2, -0.15) is 17.0 Å². The van der Waals surface area contributed by atoms with Gasteiger partial charge in [0.1, 0.15) is 11.6 Å². The van der Waals surface area contributed by atoms with Gasteiger partial charge in [-0.05, 0) is 37.5 Å². The van der Waals surface area contributed by atoms with Crippen LogP contribution in [0.4, 0.5) is 0 Å². The molecule has 1 aromatic rings. The first-order chi connectivity index (χ1) is 7.20. The summed E-state index contributed by atoms with van der Waals surface area (Å²) in [7, 11) is 0. The van der Waals surface area contributed by atoms with E-state index in [0.29, 0.717) is 6.54 Å². The zero-order valence-corrected chi connectivity index (χ0v) is 9.80. The molecule has 0 fully saturated rings. The van der Waals surface area contributed by atoms with Crippen LogP contribution in [0.1, 0.15) is 17.7 Å². The van der Waals surface area contributed by atoms with E-state index in [1.54, 1.807) is 22.4 Å². The molecule has 0 amide bonds. The number of rotatable bonds is 4. The normalized spacial score (nSPS) is 9.93. The summed E-state index contributed by atoms with van der Waals surface area (Å²) in [4.78, 5) is 11.7. The number of pyridine rings is 1. The van der Waals surface area contributed by atoms with Gasteiger partial charge in [0, 0.05) is 12.2 Å². The van der Waals surface area contributed by atoms with Crippen molar-refractivity contribution in [2.75, 3.05) is 12.0 Å². The summed E-state index contributed by atoms with van der Waals surface area (Å²) in [5.74, 6) is 1.03. The zero-order chi connectivity index (χ0) is 11.3. The maximum absolute atomic E-state index is 11.7. The van der Waals surface area contributed by atoms with Crippen LogP contribution in [0.5, 0.6) is 0 Å². The fourth-order valence-corrected chi connectivity index (χ4v) is 1.82. The third-order valence-corrected chi connectivity index (χ3v) is 2.94. The van der Waals surface area contributed by atoms with Crippen molar-refractivity contribution >= 4 is 11.8 Å². The number of nitrogens with zero attached hydrogens (tertiary/aromatic N) is 2. The van der Waals surface area contributed by atoms with Gasteiger partial charge in [-0.3, -0.25) is 4.79 Å². The van der Waals surface area contributed by atoms with Crippen LogP contribution in [0.2, 0.25) is 0 Å². The molecular weight excluding hydrogens is 208 g/mol. The first kappa shape index (κ1) is 11.9. The van der Waals surface area contributed by atoms with Gasteiger partial charge < -0.3 is 4.57 Å². The highest BCUT2D eigenvalue weighted by Crippen LogP contribution is 2.02. The molecule has 0 saturated carbocycles. The Morgan fingerprint density at radius 2 is 2.27 bits per heavy atom. The van der Waals surface area contributed by atoms with Crippen LogP contribution >= 0.6 is 11.8 Å². The molecule has 15 heavy (non-hydrogen) atoms. The molecular formula is C11H14N2OS. The highest BCUT2D eigenvalue weighted by Gasteiger charge is 2.04.